The average Bonchev–Trinajstić information content (AvgIpc) is 3.59. The van der Waals surface area contributed by atoms with Crippen LogP contribution in [0, 0.1) is 6.92 Å². The summed E-state index contributed by atoms with van der Waals surface area (Å²) in [6, 6.07) is 15.7. The van der Waals surface area contributed by atoms with Crippen molar-refractivity contribution in [2.45, 2.75) is 23.7 Å². The predicted octanol–water partition coefficient (Wildman–Crippen LogP) is 5.71. The molecular weight excluding hydrogens is 462 g/mol. The first kappa shape index (κ1) is 20.9. The van der Waals surface area contributed by atoms with E-state index in [1.54, 1.807) is 22.6 Å². The number of nitrogens with one attached hydrogen (secondary N) is 1. The van der Waals surface area contributed by atoms with Crippen LogP contribution in [0.3, 0.4) is 0 Å². The van der Waals surface area contributed by atoms with Gasteiger partial charge in [0.05, 0.1) is 18.1 Å². The first-order chi connectivity index (χ1) is 15.7. The van der Waals surface area contributed by atoms with Crippen molar-refractivity contribution in [3.63, 3.8) is 0 Å². The van der Waals surface area contributed by atoms with E-state index in [9.17, 15) is 4.79 Å². The number of hydrogen-bond donors (Lipinski definition) is 1. The Kier molecular flexibility index (Phi) is 6.06. The molecule has 1 aliphatic rings. The van der Waals surface area contributed by atoms with Gasteiger partial charge < -0.3 is 9.73 Å². The lowest BCUT2D eigenvalue weighted by Gasteiger charge is -2.20. The summed E-state index contributed by atoms with van der Waals surface area (Å²) in [5, 5.41) is 20.6. The lowest BCUT2D eigenvalue weighted by Crippen LogP contribution is -2.28. The van der Waals surface area contributed by atoms with Crippen LogP contribution in [0.5, 0.6) is 0 Å². The molecule has 162 valence electrons. The first-order valence-electron chi connectivity index (χ1n) is 9.92. The Morgan fingerprint density at radius 1 is 1.25 bits per heavy atom. The number of thiophene rings is 1. The van der Waals surface area contributed by atoms with Crippen molar-refractivity contribution in [2.24, 2.45) is 5.10 Å². The zero-order valence-electron chi connectivity index (χ0n) is 17.1. The van der Waals surface area contributed by atoms with E-state index in [0.717, 1.165) is 20.6 Å². The van der Waals surface area contributed by atoms with Crippen LogP contribution in [0.4, 0.5) is 10.8 Å². The summed E-state index contributed by atoms with van der Waals surface area (Å²) < 4.78 is 6.24. The number of furan rings is 1. The van der Waals surface area contributed by atoms with Crippen LogP contribution in [0.25, 0.3) is 0 Å². The minimum atomic E-state index is -0.115. The molecule has 0 aliphatic carbocycles. The Labute approximate surface area is 197 Å². The number of aromatic nitrogens is 2. The van der Waals surface area contributed by atoms with Crippen molar-refractivity contribution in [3.8, 4) is 0 Å². The van der Waals surface area contributed by atoms with Crippen LogP contribution in [-0.2, 0) is 4.79 Å². The van der Waals surface area contributed by atoms with E-state index in [2.05, 4.69) is 20.6 Å². The second-order valence-corrected chi connectivity index (χ2v) is 10.3. The molecule has 4 aromatic rings. The zero-order valence-corrected chi connectivity index (χ0v) is 19.5. The molecule has 4 heterocycles. The number of anilines is 2. The zero-order chi connectivity index (χ0) is 21.9. The van der Waals surface area contributed by atoms with Gasteiger partial charge in [0.15, 0.2) is 4.34 Å². The fourth-order valence-corrected chi connectivity index (χ4v) is 5.83. The molecule has 0 saturated carbocycles. The molecule has 1 atom stereocenters. The summed E-state index contributed by atoms with van der Waals surface area (Å²) in [6.07, 6.45) is 2.25. The van der Waals surface area contributed by atoms with Gasteiger partial charge in [0, 0.05) is 17.0 Å². The van der Waals surface area contributed by atoms with Crippen molar-refractivity contribution in [3.05, 3.63) is 76.4 Å². The molecule has 0 spiro atoms. The normalized spacial score (nSPS) is 15.7. The number of nitrogens with zero attached hydrogens (tertiary/aromatic N) is 4. The number of carbonyl (C=O) groups is 1. The summed E-state index contributed by atoms with van der Waals surface area (Å²) in [6.45, 7) is 2.04. The van der Waals surface area contributed by atoms with E-state index < -0.39 is 0 Å². The van der Waals surface area contributed by atoms with Gasteiger partial charge in [0.2, 0.25) is 5.13 Å². The summed E-state index contributed by atoms with van der Waals surface area (Å²) in [5.74, 6) is 0.861. The highest BCUT2D eigenvalue weighted by molar-refractivity contribution is 8.01. The number of rotatable bonds is 7. The van der Waals surface area contributed by atoms with Gasteiger partial charge >= 0.3 is 0 Å². The van der Waals surface area contributed by atoms with E-state index in [-0.39, 0.29) is 17.7 Å². The predicted molar refractivity (Wildman–Crippen MR) is 129 cm³/mol. The Balaban J connectivity index is 1.26. The maximum Gasteiger partial charge on any atom is 0.253 e. The molecule has 0 bridgehead atoms. The number of benzene rings is 1. The van der Waals surface area contributed by atoms with Gasteiger partial charge in [0.25, 0.3) is 5.91 Å². The summed E-state index contributed by atoms with van der Waals surface area (Å²) >= 11 is 4.42. The second kappa shape index (κ2) is 9.27. The van der Waals surface area contributed by atoms with Gasteiger partial charge in [0.1, 0.15) is 11.5 Å². The number of hydrazone groups is 1. The third kappa shape index (κ3) is 4.62. The molecule has 32 heavy (non-hydrogen) atoms. The molecule has 5 rings (SSSR count). The minimum Gasteiger partial charge on any atom is -0.463 e. The summed E-state index contributed by atoms with van der Waals surface area (Å²) in [4.78, 5) is 14.2. The largest absolute Gasteiger partial charge is 0.463 e. The molecule has 0 fully saturated rings. The van der Waals surface area contributed by atoms with Gasteiger partial charge in [-0.3, -0.25) is 4.79 Å². The maximum absolute atomic E-state index is 13.1. The van der Waals surface area contributed by atoms with Gasteiger partial charge in [-0.2, -0.15) is 5.10 Å². The topological polar surface area (TPSA) is 83.6 Å². The van der Waals surface area contributed by atoms with Gasteiger partial charge in [-0.15, -0.1) is 21.5 Å². The van der Waals surface area contributed by atoms with Crippen molar-refractivity contribution in [1.29, 1.82) is 0 Å². The van der Waals surface area contributed by atoms with Crippen molar-refractivity contribution in [1.82, 2.24) is 15.2 Å². The van der Waals surface area contributed by atoms with Gasteiger partial charge in [-0.1, -0.05) is 41.3 Å². The molecule has 0 radical (unpaired) electrons. The lowest BCUT2D eigenvalue weighted by atomic mass is 10.1. The van der Waals surface area contributed by atoms with Crippen LogP contribution in [-0.4, -0.2) is 32.6 Å². The van der Waals surface area contributed by atoms with E-state index in [4.69, 9.17) is 4.42 Å². The Morgan fingerprint density at radius 2 is 2.19 bits per heavy atom. The Hall–Kier alpha value is -2.95. The van der Waals surface area contributed by atoms with Crippen molar-refractivity contribution in [2.75, 3.05) is 11.1 Å². The van der Waals surface area contributed by atoms with E-state index in [1.807, 2.05) is 60.8 Å². The SMILES string of the molecule is Cc1cccc(Nc2nnc(SCC(=O)N3N=C(c4ccco4)CC3c3cccs3)s2)c1. The molecule has 1 aliphatic heterocycles. The average molecular weight is 482 g/mol. The van der Waals surface area contributed by atoms with Crippen LogP contribution in [0.2, 0.25) is 0 Å². The van der Waals surface area contributed by atoms with Crippen molar-refractivity contribution >= 4 is 56.9 Å². The van der Waals surface area contributed by atoms with Crippen molar-refractivity contribution < 1.29 is 9.21 Å². The number of thioether (sulfide) groups is 1. The second-order valence-electron chi connectivity index (χ2n) is 7.15. The minimum absolute atomic E-state index is 0.0710. The Bertz CT molecular complexity index is 1230. The molecule has 3 aromatic heterocycles. The molecule has 1 aromatic carbocycles. The third-order valence-electron chi connectivity index (χ3n) is 4.84. The Morgan fingerprint density at radius 3 is 2.97 bits per heavy atom. The van der Waals surface area contributed by atoms with E-state index in [1.165, 1.54) is 28.7 Å². The van der Waals surface area contributed by atoms with E-state index in [0.29, 0.717) is 17.3 Å². The van der Waals surface area contributed by atoms with Crippen LogP contribution < -0.4 is 5.32 Å². The highest BCUT2D eigenvalue weighted by Gasteiger charge is 2.34. The van der Waals surface area contributed by atoms with Gasteiger partial charge in [-0.05, 0) is 48.2 Å². The molecular formula is C22H19N5O2S3. The third-order valence-corrected chi connectivity index (χ3v) is 7.77. The smallest absolute Gasteiger partial charge is 0.253 e. The van der Waals surface area contributed by atoms with Crippen LogP contribution in [0.1, 0.15) is 28.7 Å². The number of hydrogen-bond acceptors (Lipinski definition) is 9. The number of aryl methyl sites for hydroxylation is 1. The highest BCUT2D eigenvalue weighted by Crippen LogP contribution is 2.36. The molecule has 0 saturated heterocycles. The molecule has 7 nitrogen and oxygen atoms in total. The molecule has 1 N–H and O–H groups in total. The maximum atomic E-state index is 13.1. The monoisotopic (exact) mass is 481 g/mol. The summed E-state index contributed by atoms with van der Waals surface area (Å²) in [5.41, 5.74) is 2.91. The van der Waals surface area contributed by atoms with Crippen LogP contribution in [0.15, 0.2) is 74.0 Å². The lowest BCUT2D eigenvalue weighted by molar-refractivity contribution is -0.130. The molecule has 1 amide bonds. The number of amides is 1. The van der Waals surface area contributed by atoms with Gasteiger partial charge in [-0.25, -0.2) is 5.01 Å². The highest BCUT2D eigenvalue weighted by atomic mass is 32.2. The molecule has 10 heteroatoms. The number of carbonyl (C=O) groups excluding carboxylic acids is 1. The fourth-order valence-electron chi connectivity index (χ4n) is 3.39. The van der Waals surface area contributed by atoms with Crippen LogP contribution >= 0.6 is 34.4 Å². The fraction of sp³-hybridized carbons (Fsp3) is 0.182. The quantitative estimate of drug-likeness (QED) is 0.340. The summed E-state index contributed by atoms with van der Waals surface area (Å²) in [7, 11) is 0. The first-order valence-corrected chi connectivity index (χ1v) is 12.6. The molecule has 1 unspecified atom stereocenters. The van der Waals surface area contributed by atoms with E-state index >= 15 is 0 Å². The standard InChI is InChI=1S/C22H19N5O2S3/c1-14-5-2-6-15(11-14)23-21-24-25-22(32-21)31-13-20(28)27-17(19-8-4-10-30-19)12-16(26-27)18-7-3-9-29-18/h2-11,17H,12-13H2,1H3,(H,23,24).